The van der Waals surface area contributed by atoms with Gasteiger partial charge < -0.3 is 5.11 Å². The fraction of sp³-hybridized carbons (Fsp3) is 0.593. The molecule has 3 aliphatic carbocycles. The van der Waals surface area contributed by atoms with Gasteiger partial charge in [-0.25, -0.2) is 0 Å². The third-order valence-corrected chi connectivity index (χ3v) is 8.09. The van der Waals surface area contributed by atoms with Crippen LogP contribution < -0.4 is 0 Å². The summed E-state index contributed by atoms with van der Waals surface area (Å²) in [6, 6.07) is 10.0. The smallest absolute Gasteiger partial charge is 0.140 e. The molecular weight excluding hydrogens is 356 g/mol. The maximum atomic E-state index is 13.2. The zero-order chi connectivity index (χ0) is 20.8. The number of hydrogen-bond donors (Lipinski definition) is 1. The Bertz CT molecular complexity index is 845. The Morgan fingerprint density at radius 2 is 1.90 bits per heavy atom. The molecule has 29 heavy (non-hydrogen) atoms. The minimum Gasteiger partial charge on any atom is -0.388 e. The highest BCUT2D eigenvalue weighted by Gasteiger charge is 2.45. The van der Waals surface area contributed by atoms with E-state index in [9.17, 15) is 9.90 Å². The molecule has 2 nitrogen and oxygen atoms in total. The van der Waals surface area contributed by atoms with Crippen LogP contribution in [0.2, 0.25) is 0 Å². The van der Waals surface area contributed by atoms with Crippen LogP contribution in [0.4, 0.5) is 0 Å². The molecule has 0 aromatic heterocycles. The van der Waals surface area contributed by atoms with E-state index in [4.69, 9.17) is 0 Å². The largest absolute Gasteiger partial charge is 0.388 e. The second-order valence-corrected chi connectivity index (χ2v) is 10.2. The first-order chi connectivity index (χ1) is 13.8. The molecule has 4 unspecified atom stereocenters. The first-order valence-corrected chi connectivity index (χ1v) is 11.5. The van der Waals surface area contributed by atoms with Crippen molar-refractivity contribution in [2.24, 2.45) is 23.2 Å². The van der Waals surface area contributed by atoms with E-state index < -0.39 is 6.10 Å². The molecule has 0 radical (unpaired) electrons. The van der Waals surface area contributed by atoms with Crippen molar-refractivity contribution in [2.45, 2.75) is 78.7 Å². The van der Waals surface area contributed by atoms with Gasteiger partial charge in [0.05, 0.1) is 6.10 Å². The number of fused-ring (bicyclic) bond motifs is 2. The summed E-state index contributed by atoms with van der Waals surface area (Å²) in [6.07, 6.45) is 6.43. The van der Waals surface area contributed by atoms with Crippen LogP contribution in [0.25, 0.3) is 0 Å². The summed E-state index contributed by atoms with van der Waals surface area (Å²) in [5.74, 6) is 1.43. The first-order valence-electron chi connectivity index (χ1n) is 11.5. The topological polar surface area (TPSA) is 37.3 Å². The fourth-order valence-electron chi connectivity index (χ4n) is 6.23. The van der Waals surface area contributed by atoms with Crippen molar-refractivity contribution in [1.82, 2.24) is 0 Å². The van der Waals surface area contributed by atoms with Gasteiger partial charge in [0.2, 0.25) is 0 Å². The van der Waals surface area contributed by atoms with Crippen molar-refractivity contribution in [2.75, 3.05) is 0 Å². The molecule has 1 aromatic rings. The van der Waals surface area contributed by atoms with Crippen molar-refractivity contribution in [3.63, 3.8) is 0 Å². The second kappa shape index (κ2) is 7.87. The third-order valence-electron chi connectivity index (χ3n) is 8.09. The molecule has 2 heteroatoms. The maximum absolute atomic E-state index is 13.2. The first kappa shape index (κ1) is 20.6. The average Bonchev–Trinajstić information content (AvgIpc) is 3.22. The summed E-state index contributed by atoms with van der Waals surface area (Å²) in [5, 5.41) is 10.9. The highest BCUT2D eigenvalue weighted by atomic mass is 16.3. The molecule has 4 rings (SSSR count). The van der Waals surface area contributed by atoms with Crippen molar-refractivity contribution >= 4 is 5.78 Å². The predicted molar refractivity (Wildman–Crippen MR) is 118 cm³/mol. The van der Waals surface area contributed by atoms with Crippen molar-refractivity contribution < 1.29 is 9.90 Å². The van der Waals surface area contributed by atoms with Crippen LogP contribution in [0, 0.1) is 23.2 Å². The van der Waals surface area contributed by atoms with E-state index in [0.29, 0.717) is 30.5 Å². The standard InChI is InChI=1S/C27H36O2/c1-17(2)21-12-13-27(4)16-23-20(14-26(29)19-8-6-5-7-9-19)10-11-22(23)18(3)25(28)15-24(21)27/h5-9,17-18,22,26,29H,10-16H2,1-4H3. The molecule has 156 valence electrons. The van der Waals surface area contributed by atoms with E-state index in [1.54, 1.807) is 0 Å². The number of aliphatic hydroxyl groups is 1. The lowest BCUT2D eigenvalue weighted by Gasteiger charge is -2.36. The summed E-state index contributed by atoms with van der Waals surface area (Å²) in [7, 11) is 0. The maximum Gasteiger partial charge on any atom is 0.140 e. The summed E-state index contributed by atoms with van der Waals surface area (Å²) >= 11 is 0. The minimum absolute atomic E-state index is 0.0995. The van der Waals surface area contributed by atoms with Crippen LogP contribution in [-0.2, 0) is 4.79 Å². The zero-order valence-electron chi connectivity index (χ0n) is 18.5. The monoisotopic (exact) mass is 392 g/mol. The Balaban J connectivity index is 1.70. The van der Waals surface area contributed by atoms with Crippen LogP contribution in [-0.4, -0.2) is 10.9 Å². The van der Waals surface area contributed by atoms with Gasteiger partial charge in [-0.2, -0.15) is 0 Å². The molecule has 1 fully saturated rings. The number of allylic oxidation sites excluding steroid dienone is 3. The number of hydrogen-bond acceptors (Lipinski definition) is 2. The number of aliphatic hydroxyl groups excluding tert-OH is 1. The molecule has 0 bridgehead atoms. The predicted octanol–water partition coefficient (Wildman–Crippen LogP) is 6.57. The summed E-state index contributed by atoms with van der Waals surface area (Å²) in [4.78, 5) is 13.2. The third kappa shape index (κ3) is 3.77. The average molecular weight is 393 g/mol. The van der Waals surface area contributed by atoms with E-state index >= 15 is 0 Å². The Hall–Kier alpha value is -1.67. The minimum atomic E-state index is -0.452. The van der Waals surface area contributed by atoms with E-state index in [0.717, 1.165) is 31.2 Å². The molecule has 1 aromatic carbocycles. The van der Waals surface area contributed by atoms with E-state index in [2.05, 4.69) is 27.7 Å². The fourth-order valence-corrected chi connectivity index (χ4v) is 6.23. The van der Waals surface area contributed by atoms with Crippen molar-refractivity contribution in [3.8, 4) is 0 Å². The van der Waals surface area contributed by atoms with Gasteiger partial charge in [0.15, 0.2) is 0 Å². The van der Waals surface area contributed by atoms with Crippen molar-refractivity contribution in [3.05, 3.63) is 58.2 Å². The van der Waals surface area contributed by atoms with Gasteiger partial charge >= 0.3 is 0 Å². The molecule has 0 heterocycles. The van der Waals surface area contributed by atoms with Crippen LogP contribution in [0.15, 0.2) is 52.6 Å². The Morgan fingerprint density at radius 1 is 1.17 bits per heavy atom. The molecule has 3 aliphatic rings. The molecule has 4 atom stereocenters. The quantitative estimate of drug-likeness (QED) is 0.589. The number of ketones is 1. The lowest BCUT2D eigenvalue weighted by molar-refractivity contribution is -0.123. The number of carbonyl (C=O) groups excluding carboxylic acids is 1. The van der Waals surface area contributed by atoms with Gasteiger partial charge in [-0.05, 0) is 61.3 Å². The lowest BCUT2D eigenvalue weighted by atomic mass is 9.67. The summed E-state index contributed by atoms with van der Waals surface area (Å²) in [6.45, 7) is 9.10. The van der Waals surface area contributed by atoms with Crippen LogP contribution in [0.3, 0.4) is 0 Å². The summed E-state index contributed by atoms with van der Waals surface area (Å²) < 4.78 is 0. The SMILES string of the molecule is CC(C)C1=C2CC(=O)C(C)C3CCC(CC(O)c4ccccc4)=C3CC2(C)CC1. The highest BCUT2D eigenvalue weighted by Crippen LogP contribution is 2.56. The number of rotatable bonds is 4. The van der Waals surface area contributed by atoms with Gasteiger partial charge in [0, 0.05) is 12.3 Å². The van der Waals surface area contributed by atoms with Gasteiger partial charge in [0.1, 0.15) is 5.78 Å². The van der Waals surface area contributed by atoms with Crippen LogP contribution in [0.5, 0.6) is 0 Å². The number of Topliss-reactive ketones (excluding diaryl/α,β-unsaturated/α-hetero) is 1. The van der Waals surface area contributed by atoms with Crippen molar-refractivity contribution in [1.29, 1.82) is 0 Å². The number of carbonyl (C=O) groups is 1. The molecular formula is C27H36O2. The molecule has 0 spiro atoms. The van der Waals surface area contributed by atoms with Gasteiger partial charge in [-0.1, -0.05) is 80.3 Å². The lowest BCUT2D eigenvalue weighted by Crippen LogP contribution is -2.30. The second-order valence-electron chi connectivity index (χ2n) is 10.2. The number of benzene rings is 1. The summed E-state index contributed by atoms with van der Waals surface area (Å²) in [5.41, 5.74) is 7.03. The molecule has 1 saturated carbocycles. The zero-order valence-corrected chi connectivity index (χ0v) is 18.5. The Morgan fingerprint density at radius 3 is 2.59 bits per heavy atom. The van der Waals surface area contributed by atoms with Gasteiger partial charge in [-0.3, -0.25) is 4.79 Å². The van der Waals surface area contributed by atoms with E-state index in [1.807, 2.05) is 30.3 Å². The van der Waals surface area contributed by atoms with Gasteiger partial charge in [0.25, 0.3) is 0 Å². The Kier molecular flexibility index (Phi) is 5.59. The van der Waals surface area contributed by atoms with Crippen LogP contribution in [0.1, 0.15) is 84.3 Å². The normalized spacial score (nSPS) is 31.0. The highest BCUT2D eigenvalue weighted by molar-refractivity contribution is 5.84. The van der Waals surface area contributed by atoms with E-state index in [1.165, 1.54) is 28.7 Å². The van der Waals surface area contributed by atoms with Gasteiger partial charge in [-0.15, -0.1) is 0 Å². The molecule has 0 amide bonds. The molecule has 0 aliphatic heterocycles. The Labute approximate surface area is 176 Å². The molecule has 1 N–H and O–H groups in total. The molecule has 0 saturated heterocycles. The van der Waals surface area contributed by atoms with E-state index in [-0.39, 0.29) is 11.3 Å². The van der Waals surface area contributed by atoms with Crippen LogP contribution >= 0.6 is 0 Å².